The highest BCUT2D eigenvalue weighted by molar-refractivity contribution is 8.04. The number of azide groups is 1. The van der Waals surface area contributed by atoms with Crippen LogP contribution in [0.3, 0.4) is 0 Å². The molecule has 0 spiro atoms. The predicted octanol–water partition coefficient (Wildman–Crippen LogP) is 10.7. The first-order valence-electron chi connectivity index (χ1n) is 41.2. The number of nitrogens with one attached hydrogen (secondary N) is 4. The fourth-order valence-electron chi connectivity index (χ4n) is 10.6. The topological polar surface area (TPSA) is 431 Å². The highest BCUT2D eigenvalue weighted by Crippen LogP contribution is 2.44. The molecule has 0 radical (unpaired) electrons. The van der Waals surface area contributed by atoms with Crippen LogP contribution in [0.4, 0.5) is 0 Å². The van der Waals surface area contributed by atoms with Crippen LogP contribution in [0.15, 0.2) is 17.5 Å². The largest absolute Gasteiger partial charge is 0.481 e. The summed E-state index contributed by atoms with van der Waals surface area (Å²) in [7, 11) is 7.30. The summed E-state index contributed by atoms with van der Waals surface area (Å²) in [6.45, 7) is 15.2. The molecule has 12 unspecified atom stereocenters. The first-order chi connectivity index (χ1) is 56.6. The van der Waals surface area contributed by atoms with Gasteiger partial charge in [0.15, 0.2) is 0 Å². The number of carbonyl (C=O) groups excluding carboxylic acids is 10. The van der Waals surface area contributed by atoms with Gasteiger partial charge in [-0.05, 0) is 84.1 Å². The summed E-state index contributed by atoms with van der Waals surface area (Å²) in [6, 6.07) is 0. The molecule has 30 nitrogen and oxygen atoms in total. The molecule has 0 aromatic carbocycles. The maximum absolute atomic E-state index is 13.1. The minimum atomic E-state index is -0.969. The van der Waals surface area contributed by atoms with E-state index >= 15 is 0 Å². The van der Waals surface area contributed by atoms with Gasteiger partial charge in [0.2, 0.25) is 23.6 Å². The van der Waals surface area contributed by atoms with Crippen molar-refractivity contribution < 1.29 is 86.1 Å². The Hall–Kier alpha value is -6.47. The third-order valence-electron chi connectivity index (χ3n) is 18.1. The highest BCUT2D eigenvalue weighted by Gasteiger charge is 2.38. The van der Waals surface area contributed by atoms with E-state index in [-0.39, 0.29) is 161 Å². The lowest BCUT2D eigenvalue weighted by atomic mass is 9.99. The lowest BCUT2D eigenvalue weighted by molar-refractivity contribution is -0.143. The van der Waals surface area contributed by atoms with Crippen molar-refractivity contribution in [3.8, 4) is 24.7 Å². The van der Waals surface area contributed by atoms with Crippen LogP contribution in [-0.2, 0) is 98.9 Å². The molecule has 4 amide bonds. The molecule has 115 heavy (non-hydrogen) atoms. The summed E-state index contributed by atoms with van der Waals surface area (Å²) in [5, 5.41) is 51.1. The van der Waals surface area contributed by atoms with Gasteiger partial charge in [0.1, 0.15) is 46.1 Å². The number of nitrogens with zero attached hydrogens (tertiary/aromatic N) is 9. The number of Topliss-reactive ketones (excluding diaryl/α,β-unsaturated/α-hetero) is 6. The average Bonchev–Trinajstić information content (AvgIpc) is 1.11. The van der Waals surface area contributed by atoms with E-state index in [1.165, 1.54) is 43.0 Å². The van der Waals surface area contributed by atoms with Crippen molar-refractivity contribution in [2.24, 2.45) is 54.7 Å². The van der Waals surface area contributed by atoms with Crippen molar-refractivity contribution in [3.63, 3.8) is 0 Å². The second kappa shape index (κ2) is 66.4. The minimum absolute atomic E-state index is 0.00416. The zero-order valence-electron chi connectivity index (χ0n) is 72.5. The van der Waals surface area contributed by atoms with Crippen molar-refractivity contribution >= 4 is 141 Å². The Labute approximate surface area is 712 Å². The number of rotatable bonds is 58. The number of thioether (sulfide) groups is 6. The Kier molecular flexibility index (Phi) is 60.4. The van der Waals surface area contributed by atoms with E-state index in [0.29, 0.717) is 112 Å². The van der Waals surface area contributed by atoms with Crippen LogP contribution in [0.25, 0.3) is 10.4 Å². The third kappa shape index (κ3) is 50.1. The minimum Gasteiger partial charge on any atom is -0.481 e. The van der Waals surface area contributed by atoms with E-state index in [2.05, 4.69) is 63.8 Å². The van der Waals surface area contributed by atoms with E-state index in [9.17, 15) is 62.6 Å². The summed E-state index contributed by atoms with van der Waals surface area (Å²) in [4.78, 5) is 146. The Morgan fingerprint density at radius 3 is 1.01 bits per heavy atom. The number of aromatic nitrogens is 6. The first-order valence-corrected chi connectivity index (χ1v) is 44.5. The quantitative estimate of drug-likeness (QED) is 0.0118. The van der Waals surface area contributed by atoms with E-state index in [1.54, 1.807) is 102 Å². The van der Waals surface area contributed by atoms with E-state index in [1.807, 2.05) is 32.5 Å². The highest BCUT2D eigenvalue weighted by atomic mass is 32.2. The standard InChI is InChI=1S/C28H44N8O5S2.C26H38N2O5S2.C20H32O7S2.C2H5N3.3CH4/c1-5-20(27(39)29-13-22-15-35(3)33-31-22)17-42-25-6-7-26(25)43-18-21(12-24(38)9-11-41-10-8-19(2)37)28(40)30-14-23-16-36(4)34-32-23;1-5-12-27-25(31)20(7-3)17-34-23-8-9-24(23)35-18-21(26(32)28-13-6-2)16-22(30)11-15-33-14-10-19(4)29;1-3-14(19(23)24)11-28-17-4-5-18(17)29-12-15(20(25)26)10-16(22)7-9-27-8-6-13(2)21;1-2-4-5-3;;;/h15-16,20-21,25-26H,5-14,17-18H2,1-4H3,(H,29,39)(H,30,40);1-2,20-21,23-24H,7-18H2,3-4H3,(H,27,31)(H,28,32);14-15,17-18H,3-12H2,1-2H3,(H,23,24)(H,25,26);2H2,1H3;3*1H4/i;;;;3*1D. The molecular formula is C79H131N13O17S6. The number of ether oxygens (including phenoxy) is 3. The second-order valence-corrected chi connectivity index (χ2v) is 34.9. The van der Waals surface area contributed by atoms with Gasteiger partial charge in [-0.15, -0.1) is 23.0 Å². The second-order valence-electron chi connectivity index (χ2n) is 27.3. The number of hydrogen-bond acceptors (Lipinski definition) is 26. The van der Waals surface area contributed by atoms with Gasteiger partial charge in [-0.3, -0.25) is 66.9 Å². The van der Waals surface area contributed by atoms with E-state index < -0.39 is 29.7 Å². The average molecular weight is 1730 g/mol. The summed E-state index contributed by atoms with van der Waals surface area (Å²) in [5.41, 5.74) is 8.90. The van der Waals surface area contributed by atoms with Gasteiger partial charge in [-0.1, -0.05) is 77.3 Å². The number of carboxylic acids is 2. The Balaban J connectivity index is 0. The van der Waals surface area contributed by atoms with Crippen LogP contribution in [0.5, 0.6) is 0 Å². The molecule has 6 N–H and O–H groups in total. The molecular weight excluding hydrogens is 1600 g/mol. The molecule has 0 aliphatic heterocycles. The molecule has 2 heterocycles. The van der Waals surface area contributed by atoms with Gasteiger partial charge in [0.05, 0.1) is 89.5 Å². The van der Waals surface area contributed by atoms with Crippen LogP contribution in [0.2, 0.25) is 0 Å². The summed E-state index contributed by atoms with van der Waals surface area (Å²) >= 11 is 10.3. The van der Waals surface area contributed by atoms with Crippen LogP contribution in [-0.4, -0.2) is 236 Å². The van der Waals surface area contributed by atoms with Crippen molar-refractivity contribution in [3.05, 3.63) is 34.2 Å². The monoisotopic (exact) mass is 1730 g/mol. The Morgan fingerprint density at radius 2 is 0.757 bits per heavy atom. The van der Waals surface area contributed by atoms with E-state index in [0.717, 1.165) is 68.6 Å². The molecule has 0 bridgehead atoms. The zero-order valence-corrected chi connectivity index (χ0v) is 74.4. The fraction of sp³-hybridized carbons (Fsp3) is 0.747. The maximum atomic E-state index is 13.1. The number of terminal acetylenes is 2. The molecule has 3 aliphatic rings. The van der Waals surface area contributed by atoms with Gasteiger partial charge in [0, 0.05) is 178 Å². The Morgan fingerprint density at radius 1 is 0.487 bits per heavy atom. The fourth-order valence-corrected chi connectivity index (χ4v) is 20.7. The Bertz CT molecular complexity index is 3390. The zero-order chi connectivity index (χ0) is 89.2. The van der Waals surface area contributed by atoms with Crippen LogP contribution < -0.4 is 21.3 Å². The molecule has 650 valence electrons. The summed E-state index contributed by atoms with van der Waals surface area (Å²) in [5.74, 6) is 3.93. The molecule has 0 saturated heterocycles. The lowest BCUT2D eigenvalue weighted by Gasteiger charge is -2.37. The normalized spacial score (nSPS) is 17.7. The van der Waals surface area contributed by atoms with Gasteiger partial charge in [-0.25, -0.2) is 0 Å². The van der Waals surface area contributed by atoms with Gasteiger partial charge < -0.3 is 45.7 Å². The summed E-state index contributed by atoms with van der Waals surface area (Å²) < 4.78 is 36.4. The van der Waals surface area contributed by atoms with Crippen molar-refractivity contribution in [2.45, 2.75) is 231 Å². The van der Waals surface area contributed by atoms with Gasteiger partial charge in [0.25, 0.3) is 0 Å². The third-order valence-corrected chi connectivity index (χ3v) is 28.1. The van der Waals surface area contributed by atoms with E-state index in [4.69, 9.17) is 41.8 Å². The van der Waals surface area contributed by atoms with Crippen LogP contribution in [0.1, 0.15) is 202 Å². The first kappa shape index (κ1) is 105. The lowest BCUT2D eigenvalue weighted by Crippen LogP contribution is -2.38. The SMILES string of the molecule is C#CCNC(=O)C(CC)CSC1CCC1SCC(CC(=O)CCOCCC(C)=O)C(=O)NCC#C.CCC(CSC1CCC1SCC(CC(=O)CCOCCC(C)=O)C(=O)NCc1cn(C)nn1)C(=O)NCc1cn(C)nn1.CCC(CSC1CCC1SCC(CC(=O)CCOCCC(C)=O)C(=O)O)C(=O)O.CCN=[N+]=[N-].[2H]C.[2H]C.[2H]C. The van der Waals surface area contributed by atoms with Crippen molar-refractivity contribution in [1.29, 1.82) is 0 Å². The van der Waals surface area contributed by atoms with Crippen LogP contribution in [0, 0.1) is 60.2 Å². The van der Waals surface area contributed by atoms with Gasteiger partial charge in [-0.2, -0.15) is 70.6 Å². The van der Waals surface area contributed by atoms with Crippen molar-refractivity contribution in [2.75, 3.05) is 93.8 Å². The number of amides is 4. The number of ketones is 6. The molecule has 2 aromatic heterocycles. The van der Waals surface area contributed by atoms with Crippen molar-refractivity contribution in [1.82, 2.24) is 51.3 Å². The number of hydrogen-bond donors (Lipinski definition) is 6. The number of aryl methyl sites for hydroxylation is 2. The molecule has 36 heteroatoms. The number of carboxylic acid groups (broad SMARTS) is 2. The number of aliphatic carboxylic acids is 2. The number of carbonyl (C=O) groups is 12. The molecule has 5 rings (SSSR count). The predicted molar refractivity (Wildman–Crippen MR) is 463 cm³/mol. The smallest absolute Gasteiger partial charge is 0.307 e. The van der Waals surface area contributed by atoms with Crippen LogP contribution >= 0.6 is 70.6 Å². The molecule has 3 fully saturated rings. The molecule has 3 saturated carbocycles. The summed E-state index contributed by atoms with van der Waals surface area (Å²) in [6.07, 6.45) is 24.2. The maximum Gasteiger partial charge on any atom is 0.307 e. The molecule has 2 aromatic rings. The molecule has 12 atom stereocenters. The van der Waals surface area contributed by atoms with Gasteiger partial charge >= 0.3 is 11.9 Å². The molecule has 3 aliphatic carbocycles.